The third-order valence-corrected chi connectivity index (χ3v) is 6.43. The molecule has 0 spiro atoms. The lowest BCUT2D eigenvalue weighted by atomic mass is 9.79. The van der Waals surface area contributed by atoms with Crippen molar-refractivity contribution in [3.8, 4) is 0 Å². The van der Waals surface area contributed by atoms with Crippen molar-refractivity contribution in [3.63, 3.8) is 0 Å². The van der Waals surface area contributed by atoms with Crippen molar-refractivity contribution >= 4 is 0 Å². The van der Waals surface area contributed by atoms with Crippen LogP contribution in [0.2, 0.25) is 0 Å². The Morgan fingerprint density at radius 3 is 2.15 bits per heavy atom. The van der Waals surface area contributed by atoms with Crippen molar-refractivity contribution in [2.24, 2.45) is 5.92 Å². The fraction of sp³-hybridized carbons (Fsp3) is 0.400. The molecular weight excluding hydrogens is 418 g/mol. The molecule has 3 aromatic rings. The minimum absolute atomic E-state index is 0.0542. The monoisotopic (exact) mass is 457 g/mol. The van der Waals surface area contributed by atoms with E-state index in [1.807, 2.05) is 30.5 Å². The standard InChI is InChI=1S/C16H20N2O.C14H19N/c1-12(2)14-17-18-15(19-14)16(10-6-7-11-16)13-8-4-3-5-9-13;1-12(2)13(3)9-10-15-11-14-7-5-4-6-8-14/h3-5,8-9,12H,6-7,10-11H2,1-2H3;4-10,12,15H,3,11H2,1-2H3/b;10-9-. The predicted octanol–water partition coefficient (Wildman–Crippen LogP) is 7.56. The predicted molar refractivity (Wildman–Crippen MR) is 140 cm³/mol. The van der Waals surface area contributed by atoms with Gasteiger partial charge in [-0.1, -0.05) is 113 Å². The number of rotatable bonds is 8. The molecular formula is C30H39N3O. The SMILES string of the molecule is C=C(/C=C\NCc1ccccc1)C(C)C.CC(C)c1nnc(C2(c3ccccc3)CCCC2)o1. The van der Waals surface area contributed by atoms with Crippen LogP contribution >= 0.6 is 0 Å². The number of hydrogen-bond acceptors (Lipinski definition) is 4. The fourth-order valence-corrected chi connectivity index (χ4v) is 4.15. The van der Waals surface area contributed by atoms with Gasteiger partial charge in [0.1, 0.15) is 0 Å². The van der Waals surface area contributed by atoms with E-state index in [1.165, 1.54) is 24.0 Å². The summed E-state index contributed by atoms with van der Waals surface area (Å²) in [4.78, 5) is 0. The summed E-state index contributed by atoms with van der Waals surface area (Å²) in [7, 11) is 0. The molecule has 0 radical (unpaired) electrons. The molecule has 4 rings (SSSR count). The first-order valence-electron chi connectivity index (χ1n) is 12.4. The molecule has 4 nitrogen and oxygen atoms in total. The average Bonchev–Trinajstić information content (AvgIpc) is 3.54. The second-order valence-corrected chi connectivity index (χ2v) is 9.68. The minimum Gasteiger partial charge on any atom is -0.424 e. The molecule has 1 saturated carbocycles. The largest absolute Gasteiger partial charge is 0.424 e. The zero-order chi connectivity index (χ0) is 24.4. The number of nitrogens with one attached hydrogen (secondary N) is 1. The Hall–Kier alpha value is -3.14. The van der Waals surface area contributed by atoms with Crippen LogP contribution in [0.3, 0.4) is 0 Å². The maximum absolute atomic E-state index is 5.96. The average molecular weight is 458 g/mol. The molecule has 1 fully saturated rings. The lowest BCUT2D eigenvalue weighted by Crippen LogP contribution is -2.24. The van der Waals surface area contributed by atoms with E-state index >= 15 is 0 Å². The molecule has 1 aliphatic rings. The molecule has 0 bridgehead atoms. The molecule has 34 heavy (non-hydrogen) atoms. The van der Waals surface area contributed by atoms with Crippen molar-refractivity contribution in [2.75, 3.05) is 0 Å². The third kappa shape index (κ3) is 6.69. The summed E-state index contributed by atoms with van der Waals surface area (Å²) in [5.74, 6) is 2.35. The van der Waals surface area contributed by atoms with Crippen LogP contribution in [0.25, 0.3) is 0 Å². The highest BCUT2D eigenvalue weighted by Crippen LogP contribution is 2.45. The summed E-state index contributed by atoms with van der Waals surface area (Å²) in [5, 5.41) is 11.8. The first-order chi connectivity index (χ1) is 16.4. The summed E-state index contributed by atoms with van der Waals surface area (Å²) < 4.78 is 5.96. The minimum atomic E-state index is -0.0542. The van der Waals surface area contributed by atoms with Crippen LogP contribution in [0.15, 0.2) is 89.5 Å². The highest BCUT2D eigenvalue weighted by molar-refractivity contribution is 5.33. The Kier molecular flexibility index (Phi) is 9.26. The summed E-state index contributed by atoms with van der Waals surface area (Å²) in [5.41, 5.74) is 3.70. The van der Waals surface area contributed by atoms with Gasteiger partial charge in [-0.15, -0.1) is 10.2 Å². The second kappa shape index (κ2) is 12.4. The highest BCUT2D eigenvalue weighted by atomic mass is 16.4. The van der Waals surface area contributed by atoms with Gasteiger partial charge in [0.2, 0.25) is 11.8 Å². The second-order valence-electron chi connectivity index (χ2n) is 9.68. The number of benzene rings is 2. The fourth-order valence-electron chi connectivity index (χ4n) is 4.15. The van der Waals surface area contributed by atoms with Gasteiger partial charge >= 0.3 is 0 Å². The van der Waals surface area contributed by atoms with E-state index in [-0.39, 0.29) is 11.3 Å². The Morgan fingerprint density at radius 1 is 0.971 bits per heavy atom. The quantitative estimate of drug-likeness (QED) is 0.355. The summed E-state index contributed by atoms with van der Waals surface area (Å²) in [6, 6.07) is 21.0. The van der Waals surface area contributed by atoms with Gasteiger partial charge in [-0.3, -0.25) is 0 Å². The molecule has 0 aliphatic heterocycles. The van der Waals surface area contributed by atoms with Crippen LogP contribution < -0.4 is 5.32 Å². The Balaban J connectivity index is 0.000000197. The van der Waals surface area contributed by atoms with Crippen LogP contribution in [0, 0.1) is 5.92 Å². The Bertz CT molecular complexity index is 1030. The summed E-state index contributed by atoms with van der Waals surface area (Å²) >= 11 is 0. The number of nitrogens with zero attached hydrogens (tertiary/aromatic N) is 2. The third-order valence-electron chi connectivity index (χ3n) is 6.43. The van der Waals surface area contributed by atoms with Crippen LogP contribution in [-0.2, 0) is 12.0 Å². The molecule has 2 aromatic carbocycles. The maximum atomic E-state index is 5.96. The first-order valence-corrected chi connectivity index (χ1v) is 12.4. The Morgan fingerprint density at radius 2 is 1.59 bits per heavy atom. The van der Waals surface area contributed by atoms with Crippen molar-refractivity contribution < 1.29 is 4.42 Å². The summed E-state index contributed by atoms with van der Waals surface area (Å²) in [6.45, 7) is 13.3. The lowest BCUT2D eigenvalue weighted by molar-refractivity contribution is 0.350. The van der Waals surface area contributed by atoms with Crippen LogP contribution in [0.4, 0.5) is 0 Å². The van der Waals surface area contributed by atoms with E-state index in [9.17, 15) is 0 Å². The molecule has 0 atom stereocenters. The zero-order valence-corrected chi connectivity index (χ0v) is 21.1. The highest BCUT2D eigenvalue weighted by Gasteiger charge is 2.42. The van der Waals surface area contributed by atoms with E-state index in [4.69, 9.17) is 4.42 Å². The first kappa shape index (κ1) is 25.5. The van der Waals surface area contributed by atoms with Crippen molar-refractivity contribution in [3.05, 3.63) is 108 Å². The molecule has 0 unspecified atom stereocenters. The molecule has 1 aromatic heterocycles. The van der Waals surface area contributed by atoms with Gasteiger partial charge in [0, 0.05) is 12.5 Å². The van der Waals surface area contributed by atoms with Crippen LogP contribution in [0.1, 0.15) is 82.2 Å². The van der Waals surface area contributed by atoms with E-state index < -0.39 is 0 Å². The van der Waals surface area contributed by atoms with Crippen molar-refractivity contribution in [1.29, 1.82) is 0 Å². The number of allylic oxidation sites excluding steroid dienone is 2. The number of hydrogen-bond donors (Lipinski definition) is 1. The molecule has 1 N–H and O–H groups in total. The van der Waals surface area contributed by atoms with Gasteiger partial charge in [-0.25, -0.2) is 0 Å². The van der Waals surface area contributed by atoms with Crippen LogP contribution in [0.5, 0.6) is 0 Å². The van der Waals surface area contributed by atoms with Crippen molar-refractivity contribution in [2.45, 2.75) is 71.3 Å². The smallest absolute Gasteiger partial charge is 0.227 e. The van der Waals surface area contributed by atoms with Gasteiger partial charge in [0.05, 0.1) is 5.41 Å². The lowest BCUT2D eigenvalue weighted by Gasteiger charge is -2.25. The van der Waals surface area contributed by atoms with Crippen LogP contribution in [-0.4, -0.2) is 10.2 Å². The van der Waals surface area contributed by atoms with Crippen molar-refractivity contribution in [1.82, 2.24) is 15.5 Å². The Labute approximate surface area is 205 Å². The van der Waals surface area contributed by atoms with Gasteiger partial charge in [-0.05, 0) is 42.2 Å². The maximum Gasteiger partial charge on any atom is 0.227 e. The molecule has 0 saturated heterocycles. The van der Waals surface area contributed by atoms with E-state index in [1.54, 1.807) is 0 Å². The van der Waals surface area contributed by atoms with Gasteiger partial charge in [-0.2, -0.15) is 0 Å². The van der Waals surface area contributed by atoms with E-state index in [0.29, 0.717) is 5.92 Å². The molecule has 4 heteroatoms. The van der Waals surface area contributed by atoms with Gasteiger partial charge in [0.25, 0.3) is 0 Å². The molecule has 1 aliphatic carbocycles. The summed E-state index contributed by atoms with van der Waals surface area (Å²) in [6.07, 6.45) is 8.68. The molecule has 180 valence electrons. The molecule has 1 heterocycles. The normalized spacial score (nSPS) is 14.9. The molecule has 0 amide bonds. The number of aromatic nitrogens is 2. The van der Waals surface area contributed by atoms with E-state index in [2.05, 4.69) is 92.3 Å². The van der Waals surface area contributed by atoms with E-state index in [0.717, 1.165) is 36.7 Å². The zero-order valence-electron chi connectivity index (χ0n) is 21.1. The van der Waals surface area contributed by atoms with Gasteiger partial charge in [0.15, 0.2) is 0 Å². The topological polar surface area (TPSA) is 51.0 Å². The van der Waals surface area contributed by atoms with Gasteiger partial charge < -0.3 is 9.73 Å².